The summed E-state index contributed by atoms with van der Waals surface area (Å²) in [6.45, 7) is 0. The summed E-state index contributed by atoms with van der Waals surface area (Å²) in [4.78, 5) is 0. The van der Waals surface area contributed by atoms with E-state index in [0.717, 1.165) is 0 Å². The Morgan fingerprint density at radius 3 is 0.957 bits per heavy atom. The van der Waals surface area contributed by atoms with Crippen molar-refractivity contribution in [1.29, 1.82) is 0 Å². The van der Waals surface area contributed by atoms with Crippen LogP contribution in [0.15, 0.2) is 0 Å². The first kappa shape index (κ1) is 22.1. The lowest BCUT2D eigenvalue weighted by Crippen LogP contribution is -2.42. The van der Waals surface area contributed by atoms with Gasteiger partial charge >= 0.3 is 24.7 Å². The van der Waals surface area contributed by atoms with E-state index >= 15 is 0 Å². The van der Waals surface area contributed by atoms with E-state index in [-0.39, 0.29) is 0 Å². The fourth-order valence-corrected chi connectivity index (χ4v) is 1.41. The largest absolute Gasteiger partial charge is 0.414 e. The molecule has 2 atom stereocenters. The van der Waals surface area contributed by atoms with Gasteiger partial charge in [-0.15, -0.1) is 0 Å². The number of hydrogen-bond donors (Lipinski definition) is 0. The van der Waals surface area contributed by atoms with Gasteiger partial charge in [0.2, 0.25) is 0 Å². The van der Waals surface area contributed by atoms with Gasteiger partial charge in [0.05, 0.1) is 0 Å². The maximum absolute atomic E-state index is 12.4. The summed E-state index contributed by atoms with van der Waals surface area (Å²) in [5, 5.41) is 0. The van der Waals surface area contributed by atoms with Crippen LogP contribution in [0.2, 0.25) is 0 Å². The highest BCUT2D eigenvalue weighted by Gasteiger charge is 2.50. The smallest absolute Gasteiger partial charge is 0.356 e. The molecule has 0 heterocycles. The van der Waals surface area contributed by atoms with Crippen molar-refractivity contribution in [1.82, 2.24) is 0 Å². The summed E-state index contributed by atoms with van der Waals surface area (Å²) in [7, 11) is 0. The fraction of sp³-hybridized carbons (Fsp3) is 1.00. The summed E-state index contributed by atoms with van der Waals surface area (Å²) < 4.78 is 149. The molecule has 2 unspecified atom stereocenters. The molecule has 0 saturated heterocycles. The summed E-state index contributed by atoms with van der Waals surface area (Å²) in [6, 6.07) is 0. The standard InChI is InChI=1S/C10H10F12O/c11-7(12,13)3-1-5(9(17,18)19)23-6(10(20,21)22)2-4-8(14,15)16/h5-6H,1-4H2. The van der Waals surface area contributed by atoms with E-state index < -0.39 is 62.6 Å². The van der Waals surface area contributed by atoms with Gasteiger partial charge < -0.3 is 4.74 Å². The van der Waals surface area contributed by atoms with Crippen LogP contribution in [-0.4, -0.2) is 36.9 Å². The molecule has 23 heavy (non-hydrogen) atoms. The van der Waals surface area contributed by atoms with Crippen molar-refractivity contribution in [3.8, 4) is 0 Å². The minimum atomic E-state index is -5.59. The van der Waals surface area contributed by atoms with Crippen molar-refractivity contribution >= 4 is 0 Å². The number of halogens is 12. The van der Waals surface area contributed by atoms with E-state index in [2.05, 4.69) is 4.74 Å². The van der Waals surface area contributed by atoms with Crippen LogP contribution in [0.4, 0.5) is 52.7 Å². The maximum atomic E-state index is 12.4. The third-order valence-electron chi connectivity index (χ3n) is 2.44. The lowest BCUT2D eigenvalue weighted by Gasteiger charge is -2.28. The second kappa shape index (κ2) is 7.34. The molecule has 0 radical (unpaired) electrons. The Morgan fingerprint density at radius 1 is 0.522 bits per heavy atom. The van der Waals surface area contributed by atoms with Crippen LogP contribution >= 0.6 is 0 Å². The normalized spacial score (nSPS) is 17.2. The van der Waals surface area contributed by atoms with Crippen LogP contribution in [0.1, 0.15) is 25.7 Å². The van der Waals surface area contributed by atoms with Crippen LogP contribution in [0, 0.1) is 0 Å². The average Bonchev–Trinajstić information content (AvgIpc) is 2.21. The van der Waals surface area contributed by atoms with Gasteiger partial charge in [0.15, 0.2) is 12.2 Å². The number of hydrogen-bond acceptors (Lipinski definition) is 1. The third-order valence-corrected chi connectivity index (χ3v) is 2.44. The average molecular weight is 374 g/mol. The molecule has 0 fully saturated rings. The molecule has 0 saturated carbocycles. The molecule has 140 valence electrons. The monoisotopic (exact) mass is 374 g/mol. The highest BCUT2D eigenvalue weighted by Crippen LogP contribution is 2.37. The Labute approximate surface area is 121 Å². The van der Waals surface area contributed by atoms with Gasteiger partial charge in [-0.25, -0.2) is 0 Å². The SMILES string of the molecule is FC(F)(F)CCC(OC(CCC(F)(F)F)C(F)(F)F)C(F)(F)F. The van der Waals surface area contributed by atoms with E-state index in [1.54, 1.807) is 0 Å². The highest BCUT2D eigenvalue weighted by molar-refractivity contribution is 4.77. The fourth-order valence-electron chi connectivity index (χ4n) is 1.41. The van der Waals surface area contributed by atoms with Gasteiger partial charge in [-0.2, -0.15) is 52.7 Å². The molecule has 0 aliphatic rings. The topological polar surface area (TPSA) is 9.23 Å². The quantitative estimate of drug-likeness (QED) is 0.554. The summed E-state index contributed by atoms with van der Waals surface area (Å²) in [6.07, 6.45) is -36.3. The van der Waals surface area contributed by atoms with Gasteiger partial charge in [-0.1, -0.05) is 0 Å². The Bertz CT molecular complexity index is 315. The first-order chi connectivity index (χ1) is 9.92. The lowest BCUT2D eigenvalue weighted by atomic mass is 10.1. The molecule has 0 aromatic rings. The minimum absolute atomic E-state index is 1.88. The van der Waals surface area contributed by atoms with E-state index in [9.17, 15) is 52.7 Å². The van der Waals surface area contributed by atoms with Gasteiger partial charge in [0.25, 0.3) is 0 Å². The second-order valence-corrected chi connectivity index (χ2v) is 4.50. The molecule has 0 spiro atoms. The van der Waals surface area contributed by atoms with Crippen LogP contribution in [0.5, 0.6) is 0 Å². The van der Waals surface area contributed by atoms with E-state index in [1.165, 1.54) is 0 Å². The number of rotatable bonds is 6. The van der Waals surface area contributed by atoms with Crippen molar-refractivity contribution in [3.63, 3.8) is 0 Å². The van der Waals surface area contributed by atoms with Gasteiger partial charge in [-0.3, -0.25) is 0 Å². The van der Waals surface area contributed by atoms with Crippen molar-refractivity contribution in [2.45, 2.75) is 62.6 Å². The van der Waals surface area contributed by atoms with Crippen molar-refractivity contribution < 1.29 is 57.4 Å². The molecule has 0 aliphatic heterocycles. The molecule has 0 aliphatic carbocycles. The molecule has 13 heteroatoms. The zero-order valence-electron chi connectivity index (χ0n) is 10.9. The lowest BCUT2D eigenvalue weighted by molar-refractivity contribution is -0.294. The minimum Gasteiger partial charge on any atom is -0.356 e. The van der Waals surface area contributed by atoms with Crippen LogP contribution in [0.3, 0.4) is 0 Å². The van der Waals surface area contributed by atoms with E-state index in [1.807, 2.05) is 0 Å². The van der Waals surface area contributed by atoms with Crippen LogP contribution < -0.4 is 0 Å². The van der Waals surface area contributed by atoms with Gasteiger partial charge in [0, 0.05) is 12.8 Å². The first-order valence-electron chi connectivity index (χ1n) is 5.84. The Kier molecular flexibility index (Phi) is 7.06. The van der Waals surface area contributed by atoms with E-state index in [4.69, 9.17) is 0 Å². The van der Waals surface area contributed by atoms with E-state index in [0.29, 0.717) is 0 Å². The molecule has 1 nitrogen and oxygen atoms in total. The van der Waals surface area contributed by atoms with Crippen LogP contribution in [0.25, 0.3) is 0 Å². The van der Waals surface area contributed by atoms with Crippen molar-refractivity contribution in [2.75, 3.05) is 0 Å². The molecule has 0 amide bonds. The Morgan fingerprint density at radius 2 is 0.783 bits per heavy atom. The maximum Gasteiger partial charge on any atom is 0.414 e. The molecule has 0 N–H and O–H groups in total. The highest BCUT2D eigenvalue weighted by atomic mass is 19.4. The predicted octanol–water partition coefficient (Wildman–Crippen LogP) is 5.55. The third kappa shape index (κ3) is 10.5. The second-order valence-electron chi connectivity index (χ2n) is 4.50. The molecule has 0 aromatic heterocycles. The summed E-state index contributed by atoms with van der Waals surface area (Å²) in [5.41, 5.74) is 0. The molecular formula is C10H10F12O. The van der Waals surface area contributed by atoms with Crippen molar-refractivity contribution in [3.05, 3.63) is 0 Å². The molecule has 0 aromatic carbocycles. The van der Waals surface area contributed by atoms with Gasteiger partial charge in [0.1, 0.15) is 0 Å². The summed E-state index contributed by atoms with van der Waals surface area (Å²) in [5.74, 6) is 0. The molecule has 0 rings (SSSR count). The predicted molar refractivity (Wildman–Crippen MR) is 51.3 cm³/mol. The van der Waals surface area contributed by atoms with Crippen LogP contribution in [-0.2, 0) is 4.74 Å². The number of ether oxygens (including phenoxy) is 1. The first-order valence-corrected chi connectivity index (χ1v) is 5.84. The van der Waals surface area contributed by atoms with Crippen molar-refractivity contribution in [2.24, 2.45) is 0 Å². The number of alkyl halides is 12. The summed E-state index contributed by atoms with van der Waals surface area (Å²) >= 11 is 0. The van der Waals surface area contributed by atoms with Gasteiger partial charge in [-0.05, 0) is 12.8 Å². The molecular weight excluding hydrogens is 364 g/mol. The Hall–Kier alpha value is -0.880. The zero-order valence-corrected chi connectivity index (χ0v) is 10.9. The molecule has 0 bridgehead atoms. The zero-order chi connectivity index (χ0) is 18.7. The Balaban J connectivity index is 5.06.